The van der Waals surface area contributed by atoms with Crippen LogP contribution in [0.3, 0.4) is 0 Å². The van der Waals surface area contributed by atoms with Crippen LogP contribution in [0.2, 0.25) is 0 Å². The molecule has 2 aromatic rings. The van der Waals surface area contributed by atoms with Crippen LogP contribution >= 0.6 is 11.3 Å². The molecule has 0 amide bonds. The molecule has 0 bridgehead atoms. The molecule has 1 fully saturated rings. The molecule has 0 radical (unpaired) electrons. The number of anilines is 1. The summed E-state index contributed by atoms with van der Waals surface area (Å²) in [4.78, 5) is 9.31. The Kier molecular flexibility index (Phi) is 3.32. The fraction of sp³-hybridized carbons (Fsp3) is 0.538. The monoisotopic (exact) mass is 263 g/mol. The standard InChI is InChI=1S/C13H17N3OS/c14-13-15-11(10-6-7-18-12(10)16-13)17-8-9-4-2-1-3-5-9/h6-7,9H,1-5,8H2,(H2,14,15,16). The van der Waals surface area contributed by atoms with E-state index < -0.39 is 0 Å². The Balaban J connectivity index is 1.75. The number of rotatable bonds is 3. The van der Waals surface area contributed by atoms with Crippen molar-refractivity contribution in [3.8, 4) is 5.88 Å². The van der Waals surface area contributed by atoms with Gasteiger partial charge in [-0.15, -0.1) is 11.3 Å². The van der Waals surface area contributed by atoms with Crippen LogP contribution in [0.1, 0.15) is 32.1 Å². The number of fused-ring (bicyclic) bond motifs is 1. The van der Waals surface area contributed by atoms with Gasteiger partial charge in [-0.1, -0.05) is 19.3 Å². The van der Waals surface area contributed by atoms with Gasteiger partial charge in [0.1, 0.15) is 4.83 Å². The van der Waals surface area contributed by atoms with Crippen molar-refractivity contribution >= 4 is 27.5 Å². The maximum atomic E-state index is 5.87. The van der Waals surface area contributed by atoms with E-state index in [9.17, 15) is 0 Å². The summed E-state index contributed by atoms with van der Waals surface area (Å²) < 4.78 is 5.87. The molecule has 96 valence electrons. The summed E-state index contributed by atoms with van der Waals surface area (Å²) in [6.45, 7) is 0.751. The molecule has 2 heterocycles. The predicted molar refractivity (Wildman–Crippen MR) is 73.9 cm³/mol. The first kappa shape index (κ1) is 11.7. The molecule has 0 aliphatic heterocycles. The second-order valence-electron chi connectivity index (χ2n) is 4.84. The Morgan fingerprint density at radius 2 is 2.11 bits per heavy atom. The van der Waals surface area contributed by atoms with Gasteiger partial charge in [0.05, 0.1) is 12.0 Å². The quantitative estimate of drug-likeness (QED) is 0.923. The highest BCUT2D eigenvalue weighted by molar-refractivity contribution is 7.16. The summed E-state index contributed by atoms with van der Waals surface area (Å²) in [6.07, 6.45) is 6.56. The molecule has 0 unspecified atom stereocenters. The third kappa shape index (κ3) is 2.41. The smallest absolute Gasteiger partial charge is 0.227 e. The molecule has 2 N–H and O–H groups in total. The molecule has 0 aromatic carbocycles. The molecule has 3 rings (SSSR count). The van der Waals surface area contributed by atoms with Gasteiger partial charge < -0.3 is 10.5 Å². The van der Waals surface area contributed by atoms with E-state index in [1.807, 2.05) is 11.4 Å². The number of aromatic nitrogens is 2. The molecule has 0 atom stereocenters. The molecule has 0 spiro atoms. The van der Waals surface area contributed by atoms with Gasteiger partial charge in [0, 0.05) is 0 Å². The third-order valence-electron chi connectivity index (χ3n) is 3.49. The zero-order valence-corrected chi connectivity index (χ0v) is 11.1. The van der Waals surface area contributed by atoms with Gasteiger partial charge in [0.2, 0.25) is 11.8 Å². The van der Waals surface area contributed by atoms with E-state index in [4.69, 9.17) is 10.5 Å². The number of ether oxygens (including phenoxy) is 1. The average molecular weight is 263 g/mol. The van der Waals surface area contributed by atoms with Gasteiger partial charge in [0.25, 0.3) is 0 Å². The van der Waals surface area contributed by atoms with E-state index in [-0.39, 0.29) is 0 Å². The first-order valence-corrected chi connectivity index (χ1v) is 7.34. The Labute approximate surface area is 110 Å². The summed E-state index contributed by atoms with van der Waals surface area (Å²) in [6, 6.07) is 2.00. The number of nitrogens with two attached hydrogens (primary N) is 1. The van der Waals surface area contributed by atoms with Crippen LogP contribution in [0, 0.1) is 5.92 Å². The molecular weight excluding hydrogens is 246 g/mol. The van der Waals surface area contributed by atoms with E-state index in [1.54, 1.807) is 11.3 Å². The summed E-state index contributed by atoms with van der Waals surface area (Å²) in [5.74, 6) is 1.61. The number of thiophene rings is 1. The number of hydrogen-bond acceptors (Lipinski definition) is 5. The second kappa shape index (κ2) is 5.10. The molecule has 1 aliphatic carbocycles. The third-order valence-corrected chi connectivity index (χ3v) is 4.29. The summed E-state index contributed by atoms with van der Waals surface area (Å²) >= 11 is 1.57. The van der Waals surface area contributed by atoms with Gasteiger partial charge in [-0.25, -0.2) is 4.98 Å². The second-order valence-corrected chi connectivity index (χ2v) is 5.74. The molecule has 4 nitrogen and oxygen atoms in total. The van der Waals surface area contributed by atoms with Crippen LogP contribution in [-0.4, -0.2) is 16.6 Å². The van der Waals surface area contributed by atoms with Crippen molar-refractivity contribution in [1.29, 1.82) is 0 Å². The first-order valence-electron chi connectivity index (χ1n) is 6.46. The van der Waals surface area contributed by atoms with Gasteiger partial charge in [0.15, 0.2) is 0 Å². The highest BCUT2D eigenvalue weighted by Crippen LogP contribution is 2.29. The van der Waals surface area contributed by atoms with Crippen molar-refractivity contribution in [2.45, 2.75) is 32.1 Å². The lowest BCUT2D eigenvalue weighted by Gasteiger charge is -2.21. The fourth-order valence-electron chi connectivity index (χ4n) is 2.50. The Hall–Kier alpha value is -1.36. The lowest BCUT2D eigenvalue weighted by atomic mass is 9.90. The molecule has 1 aliphatic rings. The highest BCUT2D eigenvalue weighted by atomic mass is 32.1. The van der Waals surface area contributed by atoms with Gasteiger partial charge in [-0.3, -0.25) is 0 Å². The zero-order valence-electron chi connectivity index (χ0n) is 10.3. The lowest BCUT2D eigenvalue weighted by molar-refractivity contribution is 0.205. The van der Waals surface area contributed by atoms with Crippen LogP contribution in [0.25, 0.3) is 10.2 Å². The minimum absolute atomic E-state index is 0.295. The zero-order chi connectivity index (χ0) is 12.4. The van der Waals surface area contributed by atoms with Crippen molar-refractivity contribution in [2.24, 2.45) is 5.92 Å². The summed E-state index contributed by atoms with van der Waals surface area (Å²) in [5, 5.41) is 2.97. The van der Waals surface area contributed by atoms with Crippen molar-refractivity contribution in [3.63, 3.8) is 0 Å². The van der Waals surface area contributed by atoms with Crippen LogP contribution in [0.5, 0.6) is 5.88 Å². The molecular formula is C13H17N3OS. The Bertz CT molecular complexity index is 534. The molecule has 5 heteroatoms. The topological polar surface area (TPSA) is 61.0 Å². The van der Waals surface area contributed by atoms with Crippen molar-refractivity contribution in [3.05, 3.63) is 11.4 Å². The fourth-order valence-corrected chi connectivity index (χ4v) is 3.27. The first-order chi connectivity index (χ1) is 8.83. The molecule has 2 aromatic heterocycles. The van der Waals surface area contributed by atoms with Gasteiger partial charge in [-0.2, -0.15) is 4.98 Å². The molecule has 1 saturated carbocycles. The van der Waals surface area contributed by atoms with Crippen molar-refractivity contribution in [1.82, 2.24) is 9.97 Å². The average Bonchev–Trinajstić information content (AvgIpc) is 2.85. The van der Waals surface area contributed by atoms with Crippen LogP contribution in [-0.2, 0) is 0 Å². The minimum atomic E-state index is 0.295. The largest absolute Gasteiger partial charge is 0.477 e. The van der Waals surface area contributed by atoms with Crippen molar-refractivity contribution < 1.29 is 4.74 Å². The number of nitrogen functional groups attached to an aromatic ring is 1. The summed E-state index contributed by atoms with van der Waals surface area (Å²) in [5.41, 5.74) is 5.70. The van der Waals surface area contributed by atoms with Gasteiger partial charge in [-0.05, 0) is 30.2 Å². The van der Waals surface area contributed by atoms with Crippen molar-refractivity contribution in [2.75, 3.05) is 12.3 Å². The lowest BCUT2D eigenvalue weighted by Crippen LogP contribution is -2.16. The van der Waals surface area contributed by atoms with E-state index in [1.165, 1.54) is 32.1 Å². The van der Waals surface area contributed by atoms with E-state index in [0.717, 1.165) is 16.8 Å². The SMILES string of the molecule is Nc1nc(OCC2CCCCC2)c2ccsc2n1. The minimum Gasteiger partial charge on any atom is -0.477 e. The van der Waals surface area contributed by atoms with Crippen LogP contribution < -0.4 is 10.5 Å². The van der Waals surface area contributed by atoms with Gasteiger partial charge >= 0.3 is 0 Å². The van der Waals surface area contributed by atoms with E-state index in [2.05, 4.69) is 9.97 Å². The molecule has 18 heavy (non-hydrogen) atoms. The maximum Gasteiger partial charge on any atom is 0.227 e. The number of nitrogens with zero attached hydrogens (tertiary/aromatic N) is 2. The van der Waals surface area contributed by atoms with E-state index in [0.29, 0.717) is 17.7 Å². The maximum absolute atomic E-state index is 5.87. The molecule has 0 saturated heterocycles. The van der Waals surface area contributed by atoms with E-state index >= 15 is 0 Å². The summed E-state index contributed by atoms with van der Waals surface area (Å²) in [7, 11) is 0. The van der Waals surface area contributed by atoms with Crippen LogP contribution in [0.4, 0.5) is 5.95 Å². The normalized spacial score (nSPS) is 17.1. The Morgan fingerprint density at radius 1 is 1.28 bits per heavy atom. The van der Waals surface area contributed by atoms with Crippen LogP contribution in [0.15, 0.2) is 11.4 Å². The predicted octanol–water partition coefficient (Wildman–Crippen LogP) is 3.23. The highest BCUT2D eigenvalue weighted by Gasteiger charge is 2.16. The Morgan fingerprint density at radius 3 is 2.94 bits per heavy atom. The number of hydrogen-bond donors (Lipinski definition) is 1.